The molecule has 166 valence electrons. The average molecular weight is 435 g/mol. The molecule has 0 saturated carbocycles. The Hall–Kier alpha value is -3.68. The fraction of sp³-hybridized carbons (Fsp3) is 0.233. The van der Waals surface area contributed by atoms with Crippen LogP contribution in [0.25, 0.3) is 16.7 Å². The second-order valence-corrected chi connectivity index (χ2v) is 8.89. The zero-order chi connectivity index (χ0) is 23.4. The summed E-state index contributed by atoms with van der Waals surface area (Å²) in [5.41, 5.74) is 12.5. The van der Waals surface area contributed by atoms with Crippen LogP contribution in [-0.4, -0.2) is 22.7 Å². The molecule has 0 aromatic heterocycles. The van der Waals surface area contributed by atoms with E-state index in [0.29, 0.717) is 6.42 Å². The predicted molar refractivity (Wildman–Crippen MR) is 137 cm³/mol. The molecule has 0 saturated heterocycles. The Morgan fingerprint density at radius 3 is 2.09 bits per heavy atom. The van der Waals surface area contributed by atoms with Crippen LogP contribution in [0.5, 0.6) is 0 Å². The Kier molecular flexibility index (Phi) is 6.72. The van der Waals surface area contributed by atoms with E-state index in [2.05, 4.69) is 99.3 Å². The minimum absolute atomic E-state index is 0.0190. The molecular weight excluding hydrogens is 404 g/mol. The van der Waals surface area contributed by atoms with Crippen molar-refractivity contribution in [1.82, 2.24) is 5.01 Å². The maximum absolute atomic E-state index is 12.4. The molecule has 0 fully saturated rings. The summed E-state index contributed by atoms with van der Waals surface area (Å²) >= 11 is 0. The lowest BCUT2D eigenvalue weighted by Gasteiger charge is -2.21. The van der Waals surface area contributed by atoms with Gasteiger partial charge < -0.3 is 0 Å². The minimum Gasteiger partial charge on any atom is -0.273 e. The number of benzene rings is 3. The Labute approximate surface area is 196 Å². The van der Waals surface area contributed by atoms with Crippen molar-refractivity contribution >= 4 is 17.2 Å². The van der Waals surface area contributed by atoms with Crippen LogP contribution in [0.15, 0.2) is 95.3 Å². The summed E-state index contributed by atoms with van der Waals surface area (Å²) in [5.74, 6) is -0.0295. The number of rotatable bonds is 5. The predicted octanol–water partition coefficient (Wildman–Crippen LogP) is 7.03. The zero-order valence-electron chi connectivity index (χ0n) is 19.8. The Balaban J connectivity index is 1.61. The molecule has 0 N–H and O–H groups in total. The molecular formula is C30H30N2O. The highest BCUT2D eigenvalue weighted by Gasteiger charge is 2.31. The standard InChI is InChI=1S/C30H30N2O/c1-21(2)18-28(26-16-14-25(15-17-26)24-8-6-5-7-9-24)19-29-20-30(31-32(29)23(4)33)27-12-10-22(3)11-13-27/h5-17,29H,19-20H2,1-4H3. The summed E-state index contributed by atoms with van der Waals surface area (Å²) in [5, 5.41) is 6.35. The van der Waals surface area contributed by atoms with Crippen molar-refractivity contribution in [3.63, 3.8) is 0 Å². The van der Waals surface area contributed by atoms with Crippen LogP contribution in [0.1, 0.15) is 50.3 Å². The van der Waals surface area contributed by atoms with E-state index < -0.39 is 0 Å². The van der Waals surface area contributed by atoms with Gasteiger partial charge in [0.05, 0.1) is 11.8 Å². The molecule has 0 bridgehead atoms. The van der Waals surface area contributed by atoms with Gasteiger partial charge in [-0.1, -0.05) is 84.4 Å². The largest absolute Gasteiger partial charge is 0.273 e. The van der Waals surface area contributed by atoms with Crippen LogP contribution >= 0.6 is 0 Å². The van der Waals surface area contributed by atoms with E-state index in [0.717, 1.165) is 34.4 Å². The van der Waals surface area contributed by atoms with Crippen molar-refractivity contribution in [2.24, 2.45) is 5.10 Å². The number of hydrogen-bond acceptors (Lipinski definition) is 2. The van der Waals surface area contributed by atoms with E-state index in [1.807, 2.05) is 6.07 Å². The normalized spacial score (nSPS) is 15.1. The number of amides is 1. The number of hydrazone groups is 1. The average Bonchev–Trinajstić information content (AvgIpc) is 3.24. The summed E-state index contributed by atoms with van der Waals surface area (Å²) < 4.78 is 0. The number of nitrogens with zero attached hydrogens (tertiary/aromatic N) is 2. The lowest BCUT2D eigenvalue weighted by atomic mass is 9.93. The maximum Gasteiger partial charge on any atom is 0.239 e. The molecule has 1 amide bonds. The van der Waals surface area contributed by atoms with Crippen LogP contribution in [0.3, 0.4) is 0 Å². The van der Waals surface area contributed by atoms with E-state index >= 15 is 0 Å². The topological polar surface area (TPSA) is 32.7 Å². The number of hydrogen-bond donors (Lipinski definition) is 0. The summed E-state index contributed by atoms with van der Waals surface area (Å²) in [6.07, 6.45) is 1.44. The highest BCUT2D eigenvalue weighted by Crippen LogP contribution is 2.30. The van der Waals surface area contributed by atoms with Crippen LogP contribution in [0, 0.1) is 6.92 Å². The molecule has 0 spiro atoms. The van der Waals surface area contributed by atoms with Crippen molar-refractivity contribution in [2.45, 2.75) is 46.6 Å². The number of aryl methyl sites for hydroxylation is 1. The van der Waals surface area contributed by atoms with Gasteiger partial charge in [0.25, 0.3) is 0 Å². The molecule has 0 aliphatic carbocycles. The second kappa shape index (κ2) is 9.85. The van der Waals surface area contributed by atoms with Gasteiger partial charge in [-0.25, -0.2) is 5.01 Å². The third-order valence-corrected chi connectivity index (χ3v) is 5.89. The van der Waals surface area contributed by atoms with E-state index in [9.17, 15) is 4.79 Å². The van der Waals surface area contributed by atoms with Crippen molar-refractivity contribution in [2.75, 3.05) is 0 Å². The molecule has 3 heteroatoms. The molecule has 0 radical (unpaired) electrons. The molecule has 1 aliphatic rings. The minimum atomic E-state index is -0.0295. The summed E-state index contributed by atoms with van der Waals surface area (Å²) in [6.45, 7) is 7.78. The maximum atomic E-state index is 12.4. The van der Waals surface area contributed by atoms with Gasteiger partial charge in [-0.05, 0) is 48.6 Å². The van der Waals surface area contributed by atoms with Gasteiger partial charge in [0, 0.05) is 25.3 Å². The van der Waals surface area contributed by atoms with Crippen LogP contribution in [0.4, 0.5) is 0 Å². The monoisotopic (exact) mass is 434 g/mol. The third kappa shape index (κ3) is 5.39. The van der Waals surface area contributed by atoms with Crippen molar-refractivity contribution in [3.05, 3.63) is 107 Å². The van der Waals surface area contributed by atoms with E-state index in [-0.39, 0.29) is 11.9 Å². The highest BCUT2D eigenvalue weighted by molar-refractivity contribution is 6.03. The van der Waals surface area contributed by atoms with Gasteiger partial charge in [0.15, 0.2) is 0 Å². The SMILES string of the molecule is CC(=O)N1N=C(c2ccc(C)cc2)CC1CC(=C=C(C)C)c1ccc(-c2ccccc2)cc1. The van der Waals surface area contributed by atoms with Gasteiger partial charge in [0.1, 0.15) is 0 Å². The first-order valence-corrected chi connectivity index (χ1v) is 11.4. The van der Waals surface area contributed by atoms with E-state index in [4.69, 9.17) is 5.10 Å². The molecule has 4 rings (SSSR count). The van der Waals surface area contributed by atoms with Crippen molar-refractivity contribution < 1.29 is 4.79 Å². The molecule has 1 aliphatic heterocycles. The first kappa shape index (κ1) is 22.5. The second-order valence-electron chi connectivity index (χ2n) is 8.89. The zero-order valence-corrected chi connectivity index (χ0v) is 19.8. The number of carbonyl (C=O) groups excluding carboxylic acids is 1. The highest BCUT2D eigenvalue weighted by atomic mass is 16.2. The van der Waals surface area contributed by atoms with Gasteiger partial charge in [-0.2, -0.15) is 5.10 Å². The third-order valence-electron chi connectivity index (χ3n) is 5.89. The smallest absolute Gasteiger partial charge is 0.239 e. The lowest BCUT2D eigenvalue weighted by molar-refractivity contribution is -0.130. The van der Waals surface area contributed by atoms with Gasteiger partial charge in [-0.3, -0.25) is 4.79 Å². The van der Waals surface area contributed by atoms with Crippen LogP contribution < -0.4 is 0 Å². The molecule has 33 heavy (non-hydrogen) atoms. The molecule has 3 aromatic carbocycles. The van der Waals surface area contributed by atoms with Gasteiger partial charge >= 0.3 is 0 Å². The summed E-state index contributed by atoms with van der Waals surface area (Å²) in [4.78, 5) is 12.4. The number of carbonyl (C=O) groups is 1. The van der Waals surface area contributed by atoms with Crippen molar-refractivity contribution in [3.8, 4) is 11.1 Å². The lowest BCUT2D eigenvalue weighted by Crippen LogP contribution is -2.31. The fourth-order valence-electron chi connectivity index (χ4n) is 4.24. The Morgan fingerprint density at radius 1 is 0.879 bits per heavy atom. The first-order chi connectivity index (χ1) is 15.9. The molecule has 1 heterocycles. The summed E-state index contributed by atoms with van der Waals surface area (Å²) in [6, 6.07) is 27.3. The quantitative estimate of drug-likeness (QED) is 0.397. The molecule has 1 unspecified atom stereocenters. The first-order valence-electron chi connectivity index (χ1n) is 11.4. The van der Waals surface area contributed by atoms with E-state index in [1.54, 1.807) is 11.9 Å². The Morgan fingerprint density at radius 2 is 1.48 bits per heavy atom. The molecule has 3 nitrogen and oxygen atoms in total. The summed E-state index contributed by atoms with van der Waals surface area (Å²) in [7, 11) is 0. The molecule has 1 atom stereocenters. The van der Waals surface area contributed by atoms with Crippen molar-refractivity contribution in [1.29, 1.82) is 0 Å². The van der Waals surface area contributed by atoms with E-state index in [1.165, 1.54) is 16.7 Å². The molecule has 3 aromatic rings. The Bertz CT molecular complexity index is 1220. The van der Waals surface area contributed by atoms with Gasteiger partial charge in [-0.15, -0.1) is 5.73 Å². The fourth-order valence-corrected chi connectivity index (χ4v) is 4.24. The van der Waals surface area contributed by atoms with Crippen LogP contribution in [0.2, 0.25) is 0 Å². The van der Waals surface area contributed by atoms with Crippen LogP contribution in [-0.2, 0) is 4.79 Å². The van der Waals surface area contributed by atoms with Gasteiger partial charge in [0.2, 0.25) is 5.91 Å².